The molecule has 3 nitrogen and oxygen atoms in total. The Morgan fingerprint density at radius 2 is 2.20 bits per heavy atom. The van der Waals surface area contributed by atoms with Crippen LogP contribution in [0.15, 0.2) is 30.3 Å². The van der Waals surface area contributed by atoms with Crippen LogP contribution in [0.1, 0.15) is 18.9 Å². The van der Waals surface area contributed by atoms with Crippen molar-refractivity contribution in [3.63, 3.8) is 0 Å². The molecule has 0 aromatic heterocycles. The molecule has 0 fully saturated rings. The van der Waals surface area contributed by atoms with Crippen LogP contribution in [0.25, 0.3) is 5.57 Å². The highest BCUT2D eigenvalue weighted by molar-refractivity contribution is 7.98. The summed E-state index contributed by atoms with van der Waals surface area (Å²) in [7, 11) is 0. The van der Waals surface area contributed by atoms with Crippen molar-refractivity contribution in [3.05, 3.63) is 41.7 Å². The van der Waals surface area contributed by atoms with Crippen molar-refractivity contribution >= 4 is 23.2 Å². The smallest absolute Gasteiger partial charge is 0.244 e. The van der Waals surface area contributed by atoms with Gasteiger partial charge in [0.05, 0.1) is 0 Å². The summed E-state index contributed by atoms with van der Waals surface area (Å²) in [6.07, 6.45) is 3.85. The molecule has 0 radical (unpaired) electrons. The molecule has 5 heteroatoms. The van der Waals surface area contributed by atoms with Gasteiger partial charge in [0.2, 0.25) is 5.91 Å². The molecule has 0 bridgehead atoms. The lowest BCUT2D eigenvalue weighted by molar-refractivity contribution is -0.117. The summed E-state index contributed by atoms with van der Waals surface area (Å²) < 4.78 is 13.6. The van der Waals surface area contributed by atoms with E-state index in [-0.39, 0.29) is 24.4 Å². The minimum absolute atomic E-state index is 0.0293. The van der Waals surface area contributed by atoms with Gasteiger partial charge >= 0.3 is 0 Å². The lowest BCUT2D eigenvalue weighted by Crippen LogP contribution is -2.36. The van der Waals surface area contributed by atoms with Gasteiger partial charge in [0.25, 0.3) is 0 Å². The summed E-state index contributed by atoms with van der Waals surface area (Å²) in [5.74, 6) is 0.127. The predicted molar refractivity (Wildman–Crippen MR) is 82.1 cm³/mol. The van der Waals surface area contributed by atoms with E-state index in [9.17, 15) is 9.18 Å². The number of halogens is 1. The van der Waals surface area contributed by atoms with E-state index >= 15 is 0 Å². The number of aliphatic hydroxyl groups excluding tert-OH is 1. The van der Waals surface area contributed by atoms with E-state index in [4.69, 9.17) is 5.11 Å². The molecule has 2 N–H and O–H groups in total. The second-order valence-electron chi connectivity index (χ2n) is 4.48. The molecule has 1 amide bonds. The molecule has 1 rings (SSSR count). The van der Waals surface area contributed by atoms with E-state index in [2.05, 4.69) is 5.32 Å². The second kappa shape index (κ2) is 8.76. The quantitative estimate of drug-likeness (QED) is 0.760. The molecule has 1 aromatic carbocycles. The Morgan fingerprint density at radius 3 is 2.80 bits per heavy atom. The summed E-state index contributed by atoms with van der Waals surface area (Å²) >= 11 is 1.60. The van der Waals surface area contributed by atoms with E-state index in [1.54, 1.807) is 36.9 Å². The molecule has 1 aromatic rings. The summed E-state index contributed by atoms with van der Waals surface area (Å²) in [6.45, 7) is 1.73. The van der Waals surface area contributed by atoms with E-state index < -0.39 is 0 Å². The summed E-state index contributed by atoms with van der Waals surface area (Å²) in [5, 5.41) is 11.8. The SMILES string of the molecule is CSCC(CCO)NC(=O)/C=C(/C)c1ccccc1F. The number of hydrogen-bond donors (Lipinski definition) is 2. The molecule has 0 spiro atoms. The van der Waals surface area contributed by atoms with Crippen molar-refractivity contribution in [2.75, 3.05) is 18.6 Å². The molecule has 0 aliphatic heterocycles. The fourth-order valence-corrected chi connectivity index (χ4v) is 2.50. The Bertz CT molecular complexity index is 471. The molecule has 0 saturated carbocycles. The first kappa shape index (κ1) is 16.7. The van der Waals surface area contributed by atoms with Crippen LogP contribution in [0.5, 0.6) is 0 Å². The second-order valence-corrected chi connectivity index (χ2v) is 5.39. The standard InChI is InChI=1S/C15H20FNO2S/c1-11(13-5-3-4-6-14(13)16)9-15(19)17-12(7-8-18)10-20-2/h3-6,9,12,18H,7-8,10H2,1-2H3,(H,17,19)/b11-9-. The minimum Gasteiger partial charge on any atom is -0.396 e. The van der Waals surface area contributed by atoms with Crippen molar-refractivity contribution in [3.8, 4) is 0 Å². The van der Waals surface area contributed by atoms with Gasteiger partial charge in [0.15, 0.2) is 0 Å². The molecular weight excluding hydrogens is 277 g/mol. The van der Waals surface area contributed by atoms with Gasteiger partial charge < -0.3 is 10.4 Å². The zero-order chi connectivity index (χ0) is 15.0. The molecular formula is C15H20FNO2S. The third-order valence-corrected chi connectivity index (χ3v) is 3.57. The highest BCUT2D eigenvalue weighted by Crippen LogP contribution is 2.17. The largest absolute Gasteiger partial charge is 0.396 e. The highest BCUT2D eigenvalue weighted by atomic mass is 32.2. The molecule has 1 unspecified atom stereocenters. The zero-order valence-corrected chi connectivity index (χ0v) is 12.5. The predicted octanol–water partition coefficient (Wildman–Crippen LogP) is 2.46. The number of nitrogens with one attached hydrogen (secondary N) is 1. The number of thioether (sulfide) groups is 1. The van der Waals surface area contributed by atoms with Gasteiger partial charge in [-0.15, -0.1) is 0 Å². The first-order chi connectivity index (χ1) is 9.58. The van der Waals surface area contributed by atoms with Crippen LogP contribution in [0, 0.1) is 5.82 Å². The number of allylic oxidation sites excluding steroid dienone is 1. The Hall–Kier alpha value is -1.33. The number of benzene rings is 1. The van der Waals surface area contributed by atoms with Gasteiger partial charge in [-0.2, -0.15) is 11.8 Å². The molecule has 20 heavy (non-hydrogen) atoms. The normalized spacial score (nSPS) is 13.1. The Labute approximate surface area is 123 Å². The van der Waals surface area contributed by atoms with E-state index in [1.165, 1.54) is 12.1 Å². The molecule has 1 atom stereocenters. The van der Waals surface area contributed by atoms with Crippen LogP contribution in [0.3, 0.4) is 0 Å². The number of carbonyl (C=O) groups is 1. The fraction of sp³-hybridized carbons (Fsp3) is 0.400. The number of carbonyl (C=O) groups excluding carboxylic acids is 1. The van der Waals surface area contributed by atoms with Crippen LogP contribution in [0.4, 0.5) is 4.39 Å². The molecule has 0 aliphatic rings. The van der Waals surface area contributed by atoms with Gasteiger partial charge in [-0.25, -0.2) is 4.39 Å². The summed E-state index contributed by atoms with van der Waals surface area (Å²) in [5.41, 5.74) is 0.999. The lowest BCUT2D eigenvalue weighted by Gasteiger charge is -2.15. The Morgan fingerprint density at radius 1 is 1.50 bits per heavy atom. The third kappa shape index (κ3) is 5.35. The Balaban J connectivity index is 2.72. The van der Waals surface area contributed by atoms with E-state index in [0.717, 1.165) is 5.75 Å². The van der Waals surface area contributed by atoms with E-state index in [0.29, 0.717) is 17.6 Å². The van der Waals surface area contributed by atoms with Gasteiger partial charge in [0.1, 0.15) is 5.82 Å². The van der Waals surface area contributed by atoms with Crippen LogP contribution in [-0.2, 0) is 4.79 Å². The van der Waals surface area contributed by atoms with Crippen molar-refractivity contribution in [1.29, 1.82) is 0 Å². The van der Waals surface area contributed by atoms with Crippen molar-refractivity contribution in [1.82, 2.24) is 5.32 Å². The molecule has 0 heterocycles. The van der Waals surface area contributed by atoms with Gasteiger partial charge in [-0.1, -0.05) is 18.2 Å². The van der Waals surface area contributed by atoms with Gasteiger partial charge in [-0.3, -0.25) is 4.79 Å². The van der Waals surface area contributed by atoms with Crippen LogP contribution in [0.2, 0.25) is 0 Å². The number of aliphatic hydroxyl groups is 1. The third-order valence-electron chi connectivity index (χ3n) is 2.84. The average molecular weight is 297 g/mol. The maximum Gasteiger partial charge on any atom is 0.244 e. The lowest BCUT2D eigenvalue weighted by atomic mass is 10.1. The zero-order valence-electron chi connectivity index (χ0n) is 11.7. The van der Waals surface area contributed by atoms with Crippen LogP contribution >= 0.6 is 11.8 Å². The van der Waals surface area contributed by atoms with Gasteiger partial charge in [0, 0.05) is 30.0 Å². The first-order valence-corrected chi connectivity index (χ1v) is 7.81. The fourth-order valence-electron chi connectivity index (χ4n) is 1.85. The van der Waals surface area contributed by atoms with Crippen LogP contribution < -0.4 is 5.32 Å². The maximum absolute atomic E-state index is 13.6. The molecule has 110 valence electrons. The Kier molecular flexibility index (Phi) is 7.33. The number of amides is 1. The van der Waals surface area contributed by atoms with Crippen molar-refractivity contribution in [2.24, 2.45) is 0 Å². The highest BCUT2D eigenvalue weighted by Gasteiger charge is 2.11. The topological polar surface area (TPSA) is 49.3 Å². The number of hydrogen-bond acceptors (Lipinski definition) is 3. The first-order valence-electron chi connectivity index (χ1n) is 6.42. The molecule has 0 aliphatic carbocycles. The van der Waals surface area contributed by atoms with Crippen molar-refractivity contribution in [2.45, 2.75) is 19.4 Å². The maximum atomic E-state index is 13.6. The average Bonchev–Trinajstić information content (AvgIpc) is 2.39. The monoisotopic (exact) mass is 297 g/mol. The van der Waals surface area contributed by atoms with Gasteiger partial charge in [-0.05, 0) is 31.2 Å². The summed E-state index contributed by atoms with van der Waals surface area (Å²) in [4.78, 5) is 11.9. The van der Waals surface area contributed by atoms with E-state index in [1.807, 2.05) is 6.26 Å². The van der Waals surface area contributed by atoms with Crippen LogP contribution in [-0.4, -0.2) is 35.7 Å². The minimum atomic E-state index is -0.343. The summed E-state index contributed by atoms with van der Waals surface area (Å²) in [6, 6.07) is 6.28. The number of rotatable bonds is 7. The molecule has 0 saturated heterocycles. The van der Waals surface area contributed by atoms with Crippen molar-refractivity contribution < 1.29 is 14.3 Å².